The van der Waals surface area contributed by atoms with Crippen molar-refractivity contribution in [3.8, 4) is 11.3 Å². The Morgan fingerprint density at radius 3 is 2.47 bits per heavy atom. The average Bonchev–Trinajstić information content (AvgIpc) is 2.24. The summed E-state index contributed by atoms with van der Waals surface area (Å²) >= 11 is 0. The van der Waals surface area contributed by atoms with Crippen molar-refractivity contribution in [3.63, 3.8) is 0 Å². The first kappa shape index (κ1) is 9.65. The van der Waals surface area contributed by atoms with E-state index in [1.807, 2.05) is 18.2 Å². The van der Waals surface area contributed by atoms with Gasteiger partial charge in [-0.15, -0.1) is 10.2 Å². The van der Waals surface area contributed by atoms with E-state index in [9.17, 15) is 0 Å². The van der Waals surface area contributed by atoms with Crippen molar-refractivity contribution in [1.29, 1.82) is 0 Å². The average molecular weight is 199 g/mol. The van der Waals surface area contributed by atoms with Crippen LogP contribution in [0.3, 0.4) is 0 Å². The lowest BCUT2D eigenvalue weighted by atomic mass is 10.0. The Bertz CT molecular complexity index is 475. The first-order valence-corrected chi connectivity index (χ1v) is 4.84. The van der Waals surface area contributed by atoms with E-state index in [-0.39, 0.29) is 0 Å². The number of nitrogens with two attached hydrogens (primary N) is 1. The zero-order valence-electron chi connectivity index (χ0n) is 8.86. The third-order valence-corrected chi connectivity index (χ3v) is 2.57. The summed E-state index contributed by atoms with van der Waals surface area (Å²) in [7, 11) is 0. The molecule has 0 aliphatic heterocycles. The second-order valence-electron chi connectivity index (χ2n) is 3.59. The number of benzene rings is 1. The number of aryl methyl sites for hydroxylation is 1. The van der Waals surface area contributed by atoms with Crippen molar-refractivity contribution in [2.45, 2.75) is 13.8 Å². The van der Waals surface area contributed by atoms with Gasteiger partial charge < -0.3 is 5.73 Å². The molecule has 0 unspecified atom stereocenters. The van der Waals surface area contributed by atoms with Gasteiger partial charge in [-0.05, 0) is 37.1 Å². The second-order valence-corrected chi connectivity index (χ2v) is 3.59. The molecule has 1 heterocycles. The minimum Gasteiger partial charge on any atom is -0.382 e. The molecule has 0 fully saturated rings. The van der Waals surface area contributed by atoms with Crippen molar-refractivity contribution in [2.75, 3.05) is 5.73 Å². The minimum absolute atomic E-state index is 0.448. The Kier molecular flexibility index (Phi) is 2.37. The molecule has 0 bridgehead atoms. The maximum Gasteiger partial charge on any atom is 0.146 e. The fourth-order valence-corrected chi connectivity index (χ4v) is 1.51. The highest BCUT2D eigenvalue weighted by molar-refractivity contribution is 5.64. The zero-order valence-corrected chi connectivity index (χ0v) is 8.86. The van der Waals surface area contributed by atoms with E-state index in [1.54, 1.807) is 6.07 Å². The fourth-order valence-electron chi connectivity index (χ4n) is 1.51. The van der Waals surface area contributed by atoms with Gasteiger partial charge >= 0.3 is 0 Å². The molecule has 0 radical (unpaired) electrons. The monoisotopic (exact) mass is 199 g/mol. The number of aromatic nitrogens is 2. The highest BCUT2D eigenvalue weighted by Gasteiger charge is 2.04. The Morgan fingerprint density at radius 2 is 1.80 bits per heavy atom. The lowest BCUT2D eigenvalue weighted by Crippen LogP contribution is -1.95. The lowest BCUT2D eigenvalue weighted by molar-refractivity contribution is 1.05. The third kappa shape index (κ3) is 1.81. The van der Waals surface area contributed by atoms with Crippen molar-refractivity contribution in [2.24, 2.45) is 0 Å². The SMILES string of the molecule is Cc1cccc(-c2ccc(N)nn2)c1C. The second kappa shape index (κ2) is 3.69. The normalized spacial score (nSPS) is 10.3. The summed E-state index contributed by atoms with van der Waals surface area (Å²) in [6, 6.07) is 9.82. The summed E-state index contributed by atoms with van der Waals surface area (Å²) in [6.07, 6.45) is 0. The topological polar surface area (TPSA) is 51.8 Å². The fraction of sp³-hybridized carbons (Fsp3) is 0.167. The van der Waals surface area contributed by atoms with Crippen molar-refractivity contribution in [1.82, 2.24) is 10.2 Å². The molecule has 0 saturated carbocycles. The Hall–Kier alpha value is -1.90. The predicted molar refractivity (Wildman–Crippen MR) is 61.4 cm³/mol. The summed E-state index contributed by atoms with van der Waals surface area (Å²) in [6.45, 7) is 4.17. The number of hydrogen-bond donors (Lipinski definition) is 1. The van der Waals surface area contributed by atoms with Crippen LogP contribution in [0.1, 0.15) is 11.1 Å². The summed E-state index contributed by atoms with van der Waals surface area (Å²) in [4.78, 5) is 0. The molecule has 0 spiro atoms. The van der Waals surface area contributed by atoms with Gasteiger partial charge in [-0.2, -0.15) is 0 Å². The number of hydrogen-bond acceptors (Lipinski definition) is 3. The van der Waals surface area contributed by atoms with E-state index in [2.05, 4.69) is 30.1 Å². The molecule has 1 aromatic carbocycles. The minimum atomic E-state index is 0.448. The van der Waals surface area contributed by atoms with Gasteiger partial charge in [0.25, 0.3) is 0 Å². The molecule has 3 heteroatoms. The molecular formula is C12H13N3. The van der Waals surface area contributed by atoms with E-state index in [4.69, 9.17) is 5.73 Å². The molecule has 2 N–H and O–H groups in total. The van der Waals surface area contributed by atoms with Crippen LogP contribution in [-0.2, 0) is 0 Å². The molecule has 0 aliphatic carbocycles. The van der Waals surface area contributed by atoms with Crippen LogP contribution in [0.15, 0.2) is 30.3 Å². The maximum atomic E-state index is 5.50. The molecule has 15 heavy (non-hydrogen) atoms. The number of nitrogen functional groups attached to an aromatic ring is 1. The van der Waals surface area contributed by atoms with Gasteiger partial charge in [0.05, 0.1) is 5.69 Å². The summed E-state index contributed by atoms with van der Waals surface area (Å²) in [5, 5.41) is 7.93. The largest absolute Gasteiger partial charge is 0.382 e. The summed E-state index contributed by atoms with van der Waals surface area (Å²) < 4.78 is 0. The van der Waals surface area contributed by atoms with Gasteiger partial charge in [0.15, 0.2) is 0 Å². The van der Waals surface area contributed by atoms with Gasteiger partial charge in [0, 0.05) is 5.56 Å². The smallest absolute Gasteiger partial charge is 0.146 e. The van der Waals surface area contributed by atoms with Crippen LogP contribution in [0, 0.1) is 13.8 Å². The van der Waals surface area contributed by atoms with Crippen molar-refractivity contribution < 1.29 is 0 Å². The van der Waals surface area contributed by atoms with Crippen LogP contribution in [0.5, 0.6) is 0 Å². The lowest BCUT2D eigenvalue weighted by Gasteiger charge is -2.06. The van der Waals surface area contributed by atoms with E-state index < -0.39 is 0 Å². The number of rotatable bonds is 1. The van der Waals surface area contributed by atoms with Gasteiger partial charge in [-0.3, -0.25) is 0 Å². The third-order valence-electron chi connectivity index (χ3n) is 2.57. The predicted octanol–water partition coefficient (Wildman–Crippen LogP) is 2.34. The Labute approximate surface area is 89.0 Å². The summed E-state index contributed by atoms with van der Waals surface area (Å²) in [5.74, 6) is 0.448. The Balaban J connectivity index is 2.54. The van der Waals surface area contributed by atoms with E-state index in [1.165, 1.54) is 11.1 Å². The van der Waals surface area contributed by atoms with Gasteiger partial charge in [-0.25, -0.2) is 0 Å². The standard InChI is InChI=1S/C12H13N3/c1-8-4-3-5-10(9(8)2)11-6-7-12(13)15-14-11/h3-7H,1-2H3,(H2,13,15). The quantitative estimate of drug-likeness (QED) is 0.767. The number of nitrogens with zero attached hydrogens (tertiary/aromatic N) is 2. The van der Waals surface area contributed by atoms with E-state index >= 15 is 0 Å². The van der Waals surface area contributed by atoms with Crippen LogP contribution >= 0.6 is 0 Å². The molecule has 0 aliphatic rings. The van der Waals surface area contributed by atoms with Gasteiger partial charge in [-0.1, -0.05) is 18.2 Å². The zero-order chi connectivity index (χ0) is 10.8. The van der Waals surface area contributed by atoms with Crippen LogP contribution < -0.4 is 5.73 Å². The summed E-state index contributed by atoms with van der Waals surface area (Å²) in [5.41, 5.74) is 9.97. The first-order valence-electron chi connectivity index (χ1n) is 4.84. The molecule has 76 valence electrons. The molecule has 0 atom stereocenters. The van der Waals surface area contributed by atoms with Crippen LogP contribution in [-0.4, -0.2) is 10.2 Å². The van der Waals surface area contributed by atoms with Crippen molar-refractivity contribution >= 4 is 5.82 Å². The molecule has 2 aromatic rings. The molecular weight excluding hydrogens is 186 g/mol. The molecule has 0 saturated heterocycles. The number of anilines is 1. The highest BCUT2D eigenvalue weighted by atomic mass is 15.1. The van der Waals surface area contributed by atoms with Crippen molar-refractivity contribution in [3.05, 3.63) is 41.5 Å². The van der Waals surface area contributed by atoms with Crippen LogP contribution in [0.25, 0.3) is 11.3 Å². The molecule has 3 nitrogen and oxygen atoms in total. The van der Waals surface area contributed by atoms with E-state index in [0.717, 1.165) is 11.3 Å². The van der Waals surface area contributed by atoms with E-state index in [0.29, 0.717) is 5.82 Å². The Morgan fingerprint density at radius 1 is 1.00 bits per heavy atom. The van der Waals surface area contributed by atoms with Gasteiger partial charge in [0.1, 0.15) is 5.82 Å². The van der Waals surface area contributed by atoms with Crippen LogP contribution in [0.4, 0.5) is 5.82 Å². The molecule has 1 aromatic heterocycles. The molecule has 0 amide bonds. The first-order chi connectivity index (χ1) is 7.18. The van der Waals surface area contributed by atoms with Crippen LogP contribution in [0.2, 0.25) is 0 Å². The maximum absolute atomic E-state index is 5.50. The molecule has 2 rings (SSSR count). The highest BCUT2D eigenvalue weighted by Crippen LogP contribution is 2.23. The van der Waals surface area contributed by atoms with Gasteiger partial charge in [0.2, 0.25) is 0 Å².